The average molecular weight is 707 g/mol. The third-order valence-corrected chi connectivity index (χ3v) is 10.9. The zero-order valence-corrected chi connectivity index (χ0v) is 30.9. The Bertz CT molecular complexity index is 1200. The highest BCUT2D eigenvalue weighted by Gasteiger charge is 2.47. The average Bonchev–Trinajstić information content (AvgIpc) is 3.84. The Morgan fingerprint density at radius 2 is 1.86 bits per heavy atom. The van der Waals surface area contributed by atoms with Gasteiger partial charge in [-0.15, -0.1) is 0 Å². The van der Waals surface area contributed by atoms with Crippen molar-refractivity contribution in [2.45, 2.75) is 140 Å². The molecule has 0 aliphatic carbocycles. The van der Waals surface area contributed by atoms with E-state index in [0.29, 0.717) is 37.5 Å². The number of amides is 1. The summed E-state index contributed by atoms with van der Waals surface area (Å²) in [6.07, 6.45) is 7.41. The molecular formula is C38H62N2O10. The molecule has 12 nitrogen and oxygen atoms in total. The van der Waals surface area contributed by atoms with E-state index in [4.69, 9.17) is 18.9 Å². The van der Waals surface area contributed by atoms with Crippen molar-refractivity contribution in [3.05, 3.63) is 36.0 Å². The number of epoxide rings is 1. The number of morpholine rings is 1. The lowest BCUT2D eigenvalue weighted by atomic mass is 9.88. The molecule has 10 atom stereocenters. The summed E-state index contributed by atoms with van der Waals surface area (Å²) >= 11 is 0. The minimum absolute atomic E-state index is 0.0133. The van der Waals surface area contributed by atoms with Gasteiger partial charge in [0.15, 0.2) is 6.10 Å². The van der Waals surface area contributed by atoms with Crippen LogP contribution in [0.4, 0.5) is 4.79 Å². The molecule has 3 saturated heterocycles. The lowest BCUT2D eigenvalue weighted by molar-refractivity contribution is -0.151. The van der Waals surface area contributed by atoms with Gasteiger partial charge >= 0.3 is 12.1 Å². The minimum Gasteiger partial charge on any atom is -0.457 e. The summed E-state index contributed by atoms with van der Waals surface area (Å²) in [6.45, 7) is 15.3. The summed E-state index contributed by atoms with van der Waals surface area (Å²) in [4.78, 5) is 30.4. The van der Waals surface area contributed by atoms with Crippen LogP contribution in [0.25, 0.3) is 0 Å². The third kappa shape index (κ3) is 11.6. The van der Waals surface area contributed by atoms with Crippen molar-refractivity contribution in [1.82, 2.24) is 9.80 Å². The summed E-state index contributed by atoms with van der Waals surface area (Å²) in [7, 11) is 0. The van der Waals surface area contributed by atoms with Gasteiger partial charge in [0.2, 0.25) is 0 Å². The molecule has 12 heteroatoms. The van der Waals surface area contributed by atoms with Gasteiger partial charge in [-0.25, -0.2) is 4.79 Å². The van der Waals surface area contributed by atoms with E-state index in [-0.39, 0.29) is 43.3 Å². The highest BCUT2D eigenvalue weighted by Crippen LogP contribution is 2.37. The lowest BCUT2D eigenvalue weighted by Crippen LogP contribution is -2.51. The van der Waals surface area contributed by atoms with Crippen LogP contribution in [0.5, 0.6) is 0 Å². The molecule has 0 aromatic heterocycles. The van der Waals surface area contributed by atoms with Crippen molar-refractivity contribution in [3.8, 4) is 0 Å². The first-order valence-electron chi connectivity index (χ1n) is 18.6. The van der Waals surface area contributed by atoms with Crippen LogP contribution in [-0.4, -0.2) is 136 Å². The fourth-order valence-corrected chi connectivity index (χ4v) is 7.34. The standard InChI is InChI=1S/C38H62N2O10/c1-7-30(42)27(4)35-31(48-35)24-37(5,45)15-8-9-25(2)34-26(3)10-11-32(38(6,46)16-12-29(41)23-33(43)50-34)49-36(44)40-17-13-28(14-18-40)39-19-21-47-22-20-39/h8-11,15,26-32,34-35,41-42,45-46H,7,12-14,16-24H2,1-6H3/b11-10+,15-8+,25-9+. The second kappa shape index (κ2) is 17.9. The number of ether oxygens (including phenoxy) is 4. The second-order valence-corrected chi connectivity index (χ2v) is 15.4. The van der Waals surface area contributed by atoms with Gasteiger partial charge in [-0.05, 0) is 64.5 Å². The van der Waals surface area contributed by atoms with Crippen LogP contribution in [0.1, 0.15) is 86.5 Å². The fourth-order valence-electron chi connectivity index (χ4n) is 7.34. The molecule has 1 amide bonds. The van der Waals surface area contributed by atoms with E-state index in [2.05, 4.69) is 4.90 Å². The molecule has 3 fully saturated rings. The smallest absolute Gasteiger partial charge is 0.410 e. The lowest BCUT2D eigenvalue weighted by Gasteiger charge is -2.40. The molecule has 50 heavy (non-hydrogen) atoms. The molecule has 0 radical (unpaired) electrons. The predicted molar refractivity (Wildman–Crippen MR) is 188 cm³/mol. The number of nitrogens with zero attached hydrogens (tertiary/aromatic N) is 2. The highest BCUT2D eigenvalue weighted by molar-refractivity contribution is 5.70. The summed E-state index contributed by atoms with van der Waals surface area (Å²) in [6, 6.07) is 0.403. The molecule has 0 saturated carbocycles. The quantitative estimate of drug-likeness (QED) is 0.114. The molecule has 0 bridgehead atoms. The Labute approximate surface area is 298 Å². The topological polar surface area (TPSA) is 162 Å². The number of aliphatic hydroxyl groups is 4. The Morgan fingerprint density at radius 3 is 2.52 bits per heavy atom. The number of allylic oxidation sites excluding steroid dienone is 2. The van der Waals surface area contributed by atoms with Crippen molar-refractivity contribution in [1.29, 1.82) is 0 Å². The summed E-state index contributed by atoms with van der Waals surface area (Å²) in [5.74, 6) is -0.954. The van der Waals surface area contributed by atoms with Gasteiger partial charge < -0.3 is 44.3 Å². The fraction of sp³-hybridized carbons (Fsp3) is 0.789. The van der Waals surface area contributed by atoms with Crippen LogP contribution in [-0.2, 0) is 23.7 Å². The van der Waals surface area contributed by atoms with E-state index in [1.807, 2.05) is 27.7 Å². The predicted octanol–water partition coefficient (Wildman–Crippen LogP) is 3.51. The maximum Gasteiger partial charge on any atom is 0.410 e. The van der Waals surface area contributed by atoms with E-state index in [9.17, 15) is 30.0 Å². The van der Waals surface area contributed by atoms with E-state index < -0.39 is 47.7 Å². The minimum atomic E-state index is -1.49. The third-order valence-electron chi connectivity index (χ3n) is 10.9. The van der Waals surface area contributed by atoms with Gasteiger partial charge in [0.1, 0.15) is 11.7 Å². The summed E-state index contributed by atoms with van der Waals surface area (Å²) < 4.78 is 23.1. The van der Waals surface area contributed by atoms with E-state index in [0.717, 1.165) is 39.1 Å². The maximum absolute atomic E-state index is 13.4. The normalized spacial score (nSPS) is 35.7. The summed E-state index contributed by atoms with van der Waals surface area (Å²) in [5.41, 5.74) is -1.95. The number of carbonyl (C=O) groups excluding carboxylic acids is 2. The molecule has 0 aromatic rings. The first-order valence-corrected chi connectivity index (χ1v) is 18.6. The molecule has 4 aliphatic heterocycles. The van der Waals surface area contributed by atoms with Gasteiger partial charge in [-0.1, -0.05) is 45.1 Å². The number of rotatable bonds is 10. The van der Waals surface area contributed by atoms with E-state index in [1.54, 1.807) is 49.1 Å². The number of cyclic esters (lactones) is 1. The van der Waals surface area contributed by atoms with Gasteiger partial charge in [0.05, 0.1) is 49.7 Å². The van der Waals surface area contributed by atoms with Crippen molar-refractivity contribution in [2.24, 2.45) is 11.8 Å². The van der Waals surface area contributed by atoms with Crippen molar-refractivity contribution in [2.75, 3.05) is 39.4 Å². The van der Waals surface area contributed by atoms with Crippen molar-refractivity contribution >= 4 is 12.1 Å². The van der Waals surface area contributed by atoms with Crippen LogP contribution >= 0.6 is 0 Å². The number of aliphatic hydroxyl groups excluding tert-OH is 2. The molecule has 0 aromatic carbocycles. The molecule has 10 unspecified atom stereocenters. The molecule has 4 aliphatic rings. The van der Waals surface area contributed by atoms with Crippen LogP contribution < -0.4 is 0 Å². The van der Waals surface area contributed by atoms with Gasteiger partial charge in [-0.2, -0.15) is 0 Å². The first-order chi connectivity index (χ1) is 23.6. The number of esters is 1. The zero-order valence-electron chi connectivity index (χ0n) is 30.9. The zero-order chi connectivity index (χ0) is 36.6. The van der Waals surface area contributed by atoms with Gasteiger partial charge in [0, 0.05) is 50.5 Å². The number of hydrogen-bond donors (Lipinski definition) is 4. The molecule has 284 valence electrons. The van der Waals surface area contributed by atoms with Crippen molar-refractivity contribution < 1.29 is 49.0 Å². The van der Waals surface area contributed by atoms with Crippen LogP contribution in [0.15, 0.2) is 36.0 Å². The Balaban J connectivity index is 1.42. The van der Waals surface area contributed by atoms with Crippen LogP contribution in [0.3, 0.4) is 0 Å². The number of carbonyl (C=O) groups is 2. The highest BCUT2D eigenvalue weighted by atomic mass is 16.6. The molecule has 4 heterocycles. The molecular weight excluding hydrogens is 644 g/mol. The monoisotopic (exact) mass is 706 g/mol. The molecule has 4 rings (SSSR count). The Hall–Kier alpha value is -2.32. The first kappa shape index (κ1) is 40.5. The maximum atomic E-state index is 13.4. The number of hydrogen-bond acceptors (Lipinski definition) is 11. The van der Waals surface area contributed by atoms with Crippen LogP contribution in [0.2, 0.25) is 0 Å². The Morgan fingerprint density at radius 1 is 1.18 bits per heavy atom. The van der Waals surface area contributed by atoms with Crippen molar-refractivity contribution in [3.63, 3.8) is 0 Å². The summed E-state index contributed by atoms with van der Waals surface area (Å²) in [5, 5.41) is 43.4. The molecule has 0 spiro atoms. The van der Waals surface area contributed by atoms with E-state index >= 15 is 0 Å². The second-order valence-electron chi connectivity index (χ2n) is 15.4. The molecule has 4 N–H and O–H groups in total. The van der Waals surface area contributed by atoms with Gasteiger partial charge in [-0.3, -0.25) is 9.69 Å². The largest absolute Gasteiger partial charge is 0.457 e. The Kier molecular flexibility index (Phi) is 14.5. The van der Waals surface area contributed by atoms with Crippen LogP contribution in [0, 0.1) is 11.8 Å². The number of piperidine rings is 1. The SMILES string of the molecule is CCC(O)C(C)C1OC1CC(C)(O)/C=C/C=C(\C)C1OC(=O)CC(O)CCC(C)(O)C(OC(=O)N2CCC(N3CCOCC3)CC2)/C=C/C1C. The number of likely N-dealkylation sites (tertiary alicyclic amines) is 1. The van der Waals surface area contributed by atoms with Gasteiger partial charge in [0.25, 0.3) is 0 Å². The van der Waals surface area contributed by atoms with E-state index in [1.165, 1.54) is 0 Å².